The minimum atomic E-state index is -4.65. The van der Waals surface area contributed by atoms with Gasteiger partial charge in [-0.3, -0.25) is 5.43 Å². The summed E-state index contributed by atoms with van der Waals surface area (Å²) in [6, 6.07) is 9.96. The van der Waals surface area contributed by atoms with Crippen LogP contribution in [0.5, 0.6) is 5.75 Å². The molecule has 0 aliphatic rings. The van der Waals surface area contributed by atoms with Crippen LogP contribution in [0.1, 0.15) is 11.4 Å². The molecule has 0 aliphatic carbocycles. The first-order valence-electron chi connectivity index (χ1n) is 6.71. The van der Waals surface area contributed by atoms with Crippen molar-refractivity contribution in [3.63, 3.8) is 0 Å². The van der Waals surface area contributed by atoms with E-state index in [1.807, 2.05) is 6.07 Å². The number of halogens is 3. The van der Waals surface area contributed by atoms with Crippen molar-refractivity contribution in [2.45, 2.75) is 6.18 Å². The van der Waals surface area contributed by atoms with E-state index >= 15 is 0 Å². The van der Waals surface area contributed by atoms with Crippen molar-refractivity contribution in [1.82, 2.24) is 19.8 Å². The van der Waals surface area contributed by atoms with E-state index in [1.54, 1.807) is 18.2 Å². The van der Waals surface area contributed by atoms with Crippen molar-refractivity contribution in [3.05, 3.63) is 47.8 Å². The molecule has 7 nitrogen and oxygen atoms in total. The SMILES string of the molecule is COc1ccccc1C=NNc1ccc2nnc(C(F)(F)F)n2n1. The number of nitrogens with zero attached hydrogens (tertiary/aromatic N) is 5. The van der Waals surface area contributed by atoms with Gasteiger partial charge < -0.3 is 4.74 Å². The molecule has 2 heterocycles. The second kappa shape index (κ2) is 6.14. The summed E-state index contributed by atoms with van der Waals surface area (Å²) in [5.74, 6) is -0.474. The molecular weight excluding hydrogens is 325 g/mol. The molecule has 1 aromatic carbocycles. The summed E-state index contributed by atoms with van der Waals surface area (Å²) in [7, 11) is 1.53. The molecule has 2 aromatic heterocycles. The second-order valence-electron chi connectivity index (χ2n) is 4.62. The Hall–Kier alpha value is -3.17. The molecule has 0 spiro atoms. The van der Waals surface area contributed by atoms with Gasteiger partial charge >= 0.3 is 6.18 Å². The molecule has 0 bridgehead atoms. The Morgan fingerprint density at radius 1 is 1.17 bits per heavy atom. The Labute approximate surface area is 133 Å². The van der Waals surface area contributed by atoms with Crippen LogP contribution >= 0.6 is 0 Å². The van der Waals surface area contributed by atoms with Gasteiger partial charge in [0.1, 0.15) is 5.75 Å². The lowest BCUT2D eigenvalue weighted by molar-refractivity contribution is -0.146. The Morgan fingerprint density at radius 3 is 2.71 bits per heavy atom. The molecule has 10 heteroatoms. The zero-order valence-electron chi connectivity index (χ0n) is 12.3. The number of para-hydroxylation sites is 1. The van der Waals surface area contributed by atoms with Crippen molar-refractivity contribution in [1.29, 1.82) is 0 Å². The predicted molar refractivity (Wildman–Crippen MR) is 80.0 cm³/mol. The van der Waals surface area contributed by atoms with E-state index in [4.69, 9.17) is 4.74 Å². The van der Waals surface area contributed by atoms with Crippen LogP contribution in [0.3, 0.4) is 0 Å². The maximum Gasteiger partial charge on any atom is 0.453 e. The van der Waals surface area contributed by atoms with Crippen LogP contribution in [-0.2, 0) is 6.18 Å². The van der Waals surface area contributed by atoms with Gasteiger partial charge in [-0.2, -0.15) is 22.8 Å². The van der Waals surface area contributed by atoms with E-state index in [2.05, 4.69) is 25.8 Å². The number of hydrogen-bond acceptors (Lipinski definition) is 6. The fourth-order valence-corrected chi connectivity index (χ4v) is 1.97. The lowest BCUT2D eigenvalue weighted by Gasteiger charge is -2.05. The van der Waals surface area contributed by atoms with Crippen molar-refractivity contribution in [3.8, 4) is 5.75 Å². The van der Waals surface area contributed by atoms with Gasteiger partial charge in [-0.15, -0.1) is 15.3 Å². The van der Waals surface area contributed by atoms with E-state index in [0.717, 1.165) is 0 Å². The van der Waals surface area contributed by atoms with Gasteiger partial charge in [0.05, 0.1) is 13.3 Å². The van der Waals surface area contributed by atoms with Crippen LogP contribution in [0.25, 0.3) is 5.65 Å². The molecule has 124 valence electrons. The summed E-state index contributed by atoms with van der Waals surface area (Å²) >= 11 is 0. The summed E-state index contributed by atoms with van der Waals surface area (Å²) in [6.45, 7) is 0. The van der Waals surface area contributed by atoms with Crippen LogP contribution in [0.15, 0.2) is 41.5 Å². The highest BCUT2D eigenvalue weighted by Gasteiger charge is 2.37. The quantitative estimate of drug-likeness (QED) is 0.585. The molecule has 0 fully saturated rings. The number of nitrogens with one attached hydrogen (secondary N) is 1. The van der Waals surface area contributed by atoms with E-state index in [1.165, 1.54) is 25.5 Å². The highest BCUT2D eigenvalue weighted by atomic mass is 19.4. The van der Waals surface area contributed by atoms with E-state index in [0.29, 0.717) is 15.8 Å². The summed E-state index contributed by atoms with van der Waals surface area (Å²) in [6.07, 6.45) is -3.17. The topological polar surface area (TPSA) is 76.7 Å². The van der Waals surface area contributed by atoms with Crippen molar-refractivity contribution < 1.29 is 17.9 Å². The maximum atomic E-state index is 12.8. The van der Waals surface area contributed by atoms with Crippen LogP contribution in [0, 0.1) is 0 Å². The van der Waals surface area contributed by atoms with Gasteiger partial charge in [-0.25, -0.2) is 0 Å². The Morgan fingerprint density at radius 2 is 1.96 bits per heavy atom. The first-order chi connectivity index (χ1) is 11.5. The number of hydrazone groups is 1. The fraction of sp³-hybridized carbons (Fsp3) is 0.143. The smallest absolute Gasteiger partial charge is 0.453 e. The van der Waals surface area contributed by atoms with E-state index in [-0.39, 0.29) is 11.5 Å². The average Bonchev–Trinajstić information content (AvgIpc) is 2.98. The first kappa shape index (κ1) is 15.7. The van der Waals surface area contributed by atoms with Crippen LogP contribution in [0.2, 0.25) is 0 Å². The molecule has 0 unspecified atom stereocenters. The van der Waals surface area contributed by atoms with Crippen molar-refractivity contribution in [2.24, 2.45) is 5.10 Å². The summed E-state index contributed by atoms with van der Waals surface area (Å²) in [4.78, 5) is 0. The van der Waals surface area contributed by atoms with E-state index in [9.17, 15) is 13.2 Å². The molecular formula is C14H11F3N6O. The highest BCUT2D eigenvalue weighted by molar-refractivity contribution is 5.83. The Kier molecular flexibility index (Phi) is 4.02. The Balaban J connectivity index is 1.84. The van der Waals surface area contributed by atoms with Gasteiger partial charge in [0.25, 0.3) is 5.82 Å². The first-order valence-corrected chi connectivity index (χ1v) is 6.71. The van der Waals surface area contributed by atoms with Gasteiger partial charge in [0.2, 0.25) is 0 Å². The molecule has 0 aliphatic heterocycles. The highest BCUT2D eigenvalue weighted by Crippen LogP contribution is 2.27. The Bertz CT molecular complexity index is 890. The predicted octanol–water partition coefficient (Wildman–Crippen LogP) is 2.60. The number of methoxy groups -OCH3 is 1. The van der Waals surface area contributed by atoms with Crippen LogP contribution in [0.4, 0.5) is 19.0 Å². The van der Waals surface area contributed by atoms with Gasteiger partial charge in [0, 0.05) is 5.56 Å². The number of aromatic nitrogens is 4. The normalized spacial score (nSPS) is 12.0. The zero-order valence-corrected chi connectivity index (χ0v) is 12.3. The molecule has 0 radical (unpaired) electrons. The van der Waals surface area contributed by atoms with Crippen molar-refractivity contribution in [2.75, 3.05) is 12.5 Å². The molecule has 0 saturated heterocycles. The molecule has 0 atom stereocenters. The largest absolute Gasteiger partial charge is 0.496 e. The molecule has 24 heavy (non-hydrogen) atoms. The third-order valence-corrected chi connectivity index (χ3v) is 3.04. The third-order valence-electron chi connectivity index (χ3n) is 3.04. The summed E-state index contributed by atoms with van der Waals surface area (Å²) in [5.41, 5.74) is 3.25. The number of anilines is 1. The summed E-state index contributed by atoms with van der Waals surface area (Å²) < 4.78 is 44.2. The maximum absolute atomic E-state index is 12.8. The molecule has 1 N–H and O–H groups in total. The van der Waals surface area contributed by atoms with Gasteiger partial charge in [0.15, 0.2) is 11.5 Å². The van der Waals surface area contributed by atoms with Crippen LogP contribution < -0.4 is 10.2 Å². The third kappa shape index (κ3) is 3.12. The number of rotatable bonds is 4. The minimum Gasteiger partial charge on any atom is -0.496 e. The van der Waals surface area contributed by atoms with Gasteiger partial charge in [-0.05, 0) is 24.3 Å². The lowest BCUT2D eigenvalue weighted by atomic mass is 10.2. The van der Waals surface area contributed by atoms with E-state index < -0.39 is 12.0 Å². The molecule has 0 amide bonds. The molecule has 3 aromatic rings. The molecule has 0 saturated carbocycles. The number of fused-ring (bicyclic) bond motifs is 1. The summed E-state index contributed by atoms with van der Waals surface area (Å²) in [5, 5.41) is 14.3. The lowest BCUT2D eigenvalue weighted by Crippen LogP contribution is -2.13. The standard InChI is InChI=1S/C14H11F3N6O/c1-24-10-5-3-2-4-9(10)8-18-19-11-6-7-12-20-21-13(14(15,16)17)23(12)22-11/h2-8H,1H3,(H,19,22). The second-order valence-corrected chi connectivity index (χ2v) is 4.62. The number of hydrogen-bond donors (Lipinski definition) is 1. The molecule has 3 rings (SSSR count). The monoisotopic (exact) mass is 336 g/mol. The minimum absolute atomic E-state index is 0.0124. The average molecular weight is 336 g/mol. The zero-order chi connectivity index (χ0) is 17.2. The number of ether oxygens (including phenoxy) is 1. The van der Waals surface area contributed by atoms with Crippen molar-refractivity contribution >= 4 is 17.7 Å². The number of alkyl halides is 3. The number of benzene rings is 1. The van der Waals surface area contributed by atoms with Crippen LogP contribution in [-0.4, -0.2) is 33.1 Å². The van der Waals surface area contributed by atoms with Gasteiger partial charge in [-0.1, -0.05) is 12.1 Å². The fourth-order valence-electron chi connectivity index (χ4n) is 1.97.